The average Bonchev–Trinajstić information content (AvgIpc) is 2.25. The number of rotatable bonds is 5. The van der Waals surface area contributed by atoms with Crippen LogP contribution < -0.4 is 0 Å². The van der Waals surface area contributed by atoms with Gasteiger partial charge in [0.1, 0.15) is 0 Å². The van der Waals surface area contributed by atoms with Crippen molar-refractivity contribution in [1.29, 1.82) is 5.26 Å². The highest BCUT2D eigenvalue weighted by molar-refractivity contribution is 5.66. The summed E-state index contributed by atoms with van der Waals surface area (Å²) in [5.74, 6) is -0.206. The fraction of sp³-hybridized carbons (Fsp3) is 0.833. The molecule has 90 valence electrons. The van der Waals surface area contributed by atoms with E-state index in [2.05, 4.69) is 13.0 Å². The van der Waals surface area contributed by atoms with Crippen molar-refractivity contribution in [2.45, 2.75) is 45.1 Å². The topological polar surface area (TPSA) is 64.3 Å². The quantitative estimate of drug-likeness (QED) is 0.724. The third-order valence-electron chi connectivity index (χ3n) is 3.42. The van der Waals surface area contributed by atoms with Gasteiger partial charge in [0, 0.05) is 12.6 Å². The minimum Gasteiger partial charge on any atom is -0.481 e. The molecule has 0 heterocycles. The number of hydrogen-bond acceptors (Lipinski definition) is 3. The minimum absolute atomic E-state index is 0.130. The Morgan fingerprint density at radius 1 is 1.50 bits per heavy atom. The van der Waals surface area contributed by atoms with Crippen molar-refractivity contribution in [1.82, 2.24) is 4.90 Å². The van der Waals surface area contributed by atoms with Gasteiger partial charge in [0.2, 0.25) is 0 Å². The second kappa shape index (κ2) is 6.49. The van der Waals surface area contributed by atoms with Gasteiger partial charge in [0.05, 0.1) is 19.0 Å². The summed E-state index contributed by atoms with van der Waals surface area (Å²) in [5.41, 5.74) is 0. The Morgan fingerprint density at radius 3 is 2.75 bits per heavy atom. The number of carboxylic acids is 1. The van der Waals surface area contributed by atoms with Crippen LogP contribution in [0.4, 0.5) is 0 Å². The summed E-state index contributed by atoms with van der Waals surface area (Å²) in [7, 11) is 0. The van der Waals surface area contributed by atoms with E-state index in [4.69, 9.17) is 10.4 Å². The molecule has 0 amide bonds. The molecular formula is C12H20N2O2. The van der Waals surface area contributed by atoms with Crippen molar-refractivity contribution in [3.63, 3.8) is 0 Å². The molecule has 0 aromatic carbocycles. The van der Waals surface area contributed by atoms with Gasteiger partial charge >= 0.3 is 5.97 Å². The molecule has 0 aliphatic heterocycles. The summed E-state index contributed by atoms with van der Waals surface area (Å²) in [5, 5.41) is 17.5. The molecule has 0 spiro atoms. The Balaban J connectivity index is 2.53. The van der Waals surface area contributed by atoms with Crippen LogP contribution in [-0.4, -0.2) is 35.1 Å². The van der Waals surface area contributed by atoms with E-state index in [1.807, 2.05) is 4.90 Å². The van der Waals surface area contributed by atoms with E-state index >= 15 is 0 Å². The molecule has 1 rings (SSSR count). The molecular weight excluding hydrogens is 204 g/mol. The molecule has 4 heteroatoms. The second-order valence-corrected chi connectivity index (χ2v) is 4.60. The summed E-state index contributed by atoms with van der Waals surface area (Å²) >= 11 is 0. The van der Waals surface area contributed by atoms with Crippen molar-refractivity contribution < 1.29 is 9.90 Å². The van der Waals surface area contributed by atoms with Gasteiger partial charge in [-0.25, -0.2) is 0 Å². The number of nitrogens with zero attached hydrogens (tertiary/aromatic N) is 2. The van der Waals surface area contributed by atoms with Crippen LogP contribution in [0.5, 0.6) is 0 Å². The average molecular weight is 224 g/mol. The maximum atomic E-state index is 10.6. The molecule has 2 atom stereocenters. The van der Waals surface area contributed by atoms with Crippen molar-refractivity contribution >= 4 is 5.97 Å². The first-order valence-corrected chi connectivity index (χ1v) is 5.98. The van der Waals surface area contributed by atoms with Gasteiger partial charge in [0.15, 0.2) is 0 Å². The van der Waals surface area contributed by atoms with Crippen LogP contribution >= 0.6 is 0 Å². The summed E-state index contributed by atoms with van der Waals surface area (Å²) in [6.45, 7) is 3.05. The summed E-state index contributed by atoms with van der Waals surface area (Å²) in [6, 6.07) is 2.54. The first-order chi connectivity index (χ1) is 7.65. The molecule has 1 aliphatic carbocycles. The Labute approximate surface area is 96.9 Å². The van der Waals surface area contributed by atoms with Crippen molar-refractivity contribution in [3.8, 4) is 6.07 Å². The van der Waals surface area contributed by atoms with Crippen LogP contribution in [0, 0.1) is 17.2 Å². The number of hydrogen-bond donors (Lipinski definition) is 1. The Bertz CT molecular complexity index is 273. The van der Waals surface area contributed by atoms with Crippen LogP contribution in [0.1, 0.15) is 39.0 Å². The molecule has 0 aromatic rings. The zero-order valence-electron chi connectivity index (χ0n) is 9.85. The number of carboxylic acid groups (broad SMARTS) is 1. The van der Waals surface area contributed by atoms with Gasteiger partial charge in [-0.05, 0) is 18.8 Å². The maximum absolute atomic E-state index is 10.6. The van der Waals surface area contributed by atoms with Gasteiger partial charge < -0.3 is 5.11 Å². The summed E-state index contributed by atoms with van der Waals surface area (Å²) < 4.78 is 0. The highest BCUT2D eigenvalue weighted by Crippen LogP contribution is 2.27. The van der Waals surface area contributed by atoms with E-state index in [9.17, 15) is 4.79 Å². The first-order valence-electron chi connectivity index (χ1n) is 5.98. The molecule has 0 radical (unpaired) electrons. The predicted molar refractivity (Wildman–Crippen MR) is 60.9 cm³/mol. The van der Waals surface area contributed by atoms with Gasteiger partial charge in [-0.1, -0.05) is 19.8 Å². The van der Waals surface area contributed by atoms with Crippen LogP contribution in [0.2, 0.25) is 0 Å². The third kappa shape index (κ3) is 3.82. The molecule has 0 bridgehead atoms. The van der Waals surface area contributed by atoms with Gasteiger partial charge in [0.25, 0.3) is 0 Å². The van der Waals surface area contributed by atoms with Gasteiger partial charge in [-0.2, -0.15) is 5.26 Å². The SMILES string of the molecule is CC1CCCCC1N(CC#N)CCC(=O)O. The largest absolute Gasteiger partial charge is 0.481 e. The van der Waals surface area contributed by atoms with Crippen LogP contribution in [0.25, 0.3) is 0 Å². The van der Waals surface area contributed by atoms with Crippen molar-refractivity contribution in [3.05, 3.63) is 0 Å². The van der Waals surface area contributed by atoms with E-state index < -0.39 is 5.97 Å². The van der Waals surface area contributed by atoms with E-state index in [1.54, 1.807) is 0 Å². The number of nitriles is 1. The Hall–Kier alpha value is -1.08. The highest BCUT2D eigenvalue weighted by atomic mass is 16.4. The standard InChI is InChI=1S/C12H20N2O2/c1-10-4-2-3-5-11(10)14(9-7-13)8-6-12(15)16/h10-11H,2-6,8-9H2,1H3,(H,15,16). The highest BCUT2D eigenvalue weighted by Gasteiger charge is 2.27. The first kappa shape index (κ1) is 13.0. The Kier molecular flexibility index (Phi) is 5.27. The smallest absolute Gasteiger partial charge is 0.304 e. The molecule has 0 saturated heterocycles. The van der Waals surface area contributed by atoms with Crippen molar-refractivity contribution in [2.75, 3.05) is 13.1 Å². The molecule has 0 aromatic heterocycles. The molecule has 1 aliphatic rings. The van der Waals surface area contributed by atoms with E-state index in [-0.39, 0.29) is 6.42 Å². The molecule has 1 N–H and O–H groups in total. The molecule has 4 nitrogen and oxygen atoms in total. The van der Waals surface area contributed by atoms with Crippen LogP contribution in [0.3, 0.4) is 0 Å². The summed E-state index contributed by atoms with van der Waals surface area (Å²) in [6.07, 6.45) is 4.88. The lowest BCUT2D eigenvalue weighted by atomic mass is 9.85. The molecule has 1 saturated carbocycles. The van der Waals surface area contributed by atoms with E-state index in [1.165, 1.54) is 19.3 Å². The third-order valence-corrected chi connectivity index (χ3v) is 3.42. The van der Waals surface area contributed by atoms with Crippen LogP contribution in [-0.2, 0) is 4.79 Å². The zero-order valence-corrected chi connectivity index (χ0v) is 9.85. The second-order valence-electron chi connectivity index (χ2n) is 4.60. The fourth-order valence-corrected chi connectivity index (χ4v) is 2.53. The molecule has 1 fully saturated rings. The van der Waals surface area contributed by atoms with Crippen LogP contribution in [0.15, 0.2) is 0 Å². The fourth-order valence-electron chi connectivity index (χ4n) is 2.53. The lowest BCUT2D eigenvalue weighted by Gasteiger charge is -2.37. The maximum Gasteiger partial charge on any atom is 0.304 e. The van der Waals surface area contributed by atoms with E-state index in [0.29, 0.717) is 25.0 Å². The van der Waals surface area contributed by atoms with E-state index in [0.717, 1.165) is 6.42 Å². The molecule has 16 heavy (non-hydrogen) atoms. The normalized spacial score (nSPS) is 25.3. The minimum atomic E-state index is -0.786. The monoisotopic (exact) mass is 224 g/mol. The van der Waals surface area contributed by atoms with Crippen molar-refractivity contribution in [2.24, 2.45) is 5.92 Å². The van der Waals surface area contributed by atoms with Gasteiger partial charge in [-0.15, -0.1) is 0 Å². The number of aliphatic carboxylic acids is 1. The lowest BCUT2D eigenvalue weighted by molar-refractivity contribution is -0.137. The molecule has 2 unspecified atom stereocenters. The predicted octanol–water partition coefficient (Wildman–Crippen LogP) is 1.87. The lowest BCUT2D eigenvalue weighted by Crippen LogP contribution is -2.42. The Morgan fingerprint density at radius 2 is 2.19 bits per heavy atom. The van der Waals surface area contributed by atoms with Gasteiger partial charge in [-0.3, -0.25) is 9.69 Å². The summed E-state index contributed by atoms with van der Waals surface area (Å²) in [4.78, 5) is 12.6. The zero-order chi connectivity index (χ0) is 12.0. The number of carbonyl (C=O) groups is 1.